The van der Waals surface area contributed by atoms with Gasteiger partial charge in [-0.1, -0.05) is 6.08 Å². The molecule has 1 atom stereocenters. The number of rotatable bonds is 12. The number of likely N-dealkylation sites (N-methyl/N-ethyl adjacent to an activating group) is 1. The number of halogens is 4. The Bertz CT molecular complexity index is 1870. The van der Waals surface area contributed by atoms with E-state index in [-0.39, 0.29) is 53.4 Å². The molecular weight excluding hydrogens is 616 g/mol. The largest absolute Gasteiger partial charge is 0.483 e. The van der Waals surface area contributed by atoms with Gasteiger partial charge in [0.25, 0.3) is 5.56 Å². The minimum absolute atomic E-state index is 0.00454. The zero-order valence-corrected chi connectivity index (χ0v) is 24.4. The van der Waals surface area contributed by atoms with E-state index in [0.717, 1.165) is 22.8 Å². The number of nitrogens with zero attached hydrogens (tertiary/aromatic N) is 3. The van der Waals surface area contributed by atoms with Crippen LogP contribution >= 0.6 is 0 Å². The van der Waals surface area contributed by atoms with Gasteiger partial charge in [-0.15, -0.1) is 0 Å². The Labute approximate surface area is 258 Å². The van der Waals surface area contributed by atoms with Gasteiger partial charge < -0.3 is 34.9 Å². The summed E-state index contributed by atoms with van der Waals surface area (Å²) in [5.41, 5.74) is -1.16. The predicted octanol–water partition coefficient (Wildman–Crippen LogP) is 3.91. The number of allylic oxidation sites excluding steroid dienone is 1. The monoisotopic (exact) mass is 644 g/mol. The third kappa shape index (κ3) is 8.08. The summed E-state index contributed by atoms with van der Waals surface area (Å²) in [6.07, 6.45) is 2.83. The third-order valence-corrected chi connectivity index (χ3v) is 6.60. The Balaban J connectivity index is 1.52. The fourth-order valence-corrected chi connectivity index (χ4v) is 4.26. The summed E-state index contributed by atoms with van der Waals surface area (Å²) in [5.74, 6) is -6.13. The number of H-pyrrole nitrogens is 1. The minimum Gasteiger partial charge on any atom is -0.483 e. The molecule has 0 aliphatic carbocycles. The molecular formula is C30H28F4N6O6. The van der Waals surface area contributed by atoms with Gasteiger partial charge in [-0.3, -0.25) is 14.4 Å². The average Bonchev–Trinajstić information content (AvgIpc) is 3.39. The first-order valence-corrected chi connectivity index (χ1v) is 13.6. The van der Waals surface area contributed by atoms with E-state index >= 15 is 0 Å². The molecule has 0 spiro atoms. The van der Waals surface area contributed by atoms with Crippen LogP contribution in [-0.4, -0.2) is 62.6 Å². The van der Waals surface area contributed by atoms with Crippen LogP contribution in [0, 0.1) is 23.3 Å². The lowest BCUT2D eigenvalue weighted by molar-refractivity contribution is -0.123. The summed E-state index contributed by atoms with van der Waals surface area (Å²) in [6.45, 7) is -0.818. The molecule has 242 valence electrons. The number of hydrogen-bond donors (Lipinski definition) is 4. The smallest absolute Gasteiger partial charge is 0.405 e. The molecule has 2 heterocycles. The van der Waals surface area contributed by atoms with Crippen molar-refractivity contribution in [3.8, 4) is 5.75 Å². The van der Waals surface area contributed by atoms with Gasteiger partial charge in [0, 0.05) is 38.0 Å². The summed E-state index contributed by atoms with van der Waals surface area (Å²) < 4.78 is 62.8. The Morgan fingerprint density at radius 3 is 2.59 bits per heavy atom. The van der Waals surface area contributed by atoms with Crippen LogP contribution in [0.3, 0.4) is 0 Å². The maximum absolute atomic E-state index is 14.7. The molecule has 4 aromatic rings. The fourth-order valence-electron chi connectivity index (χ4n) is 4.26. The highest BCUT2D eigenvalue weighted by molar-refractivity contribution is 5.96. The second-order valence-corrected chi connectivity index (χ2v) is 10.2. The molecule has 0 radical (unpaired) electrons. The Morgan fingerprint density at radius 1 is 1.13 bits per heavy atom. The summed E-state index contributed by atoms with van der Waals surface area (Å²) in [7, 11) is 3.12. The number of carboxylic acid groups (broad SMARTS) is 1. The van der Waals surface area contributed by atoms with Crippen LogP contribution in [0.5, 0.6) is 5.75 Å². The number of carbonyl (C=O) groups is 3. The molecule has 0 saturated carbocycles. The highest BCUT2D eigenvalue weighted by atomic mass is 19.2. The number of carbonyl (C=O) groups excluding carboxylic acids is 2. The zero-order valence-electron chi connectivity index (χ0n) is 24.4. The van der Waals surface area contributed by atoms with E-state index in [0.29, 0.717) is 6.07 Å². The molecule has 2 aromatic carbocycles. The minimum atomic E-state index is -1.47. The van der Waals surface area contributed by atoms with Crippen LogP contribution in [0.15, 0.2) is 59.5 Å². The van der Waals surface area contributed by atoms with Gasteiger partial charge in [-0.25, -0.2) is 22.9 Å². The number of aromatic nitrogens is 3. The number of anilines is 1. The molecule has 0 fully saturated rings. The number of fused-ring (bicyclic) bond motifs is 1. The SMILES string of the molecule is CN(C)C(=O)C=CCCC(NC(=O)O)C(=O)Nc1cccn(Cc2nc3c(OCc4ccc(F)cc4F)c(F)c(F)cc3[nH]2)c1=O. The maximum atomic E-state index is 14.7. The molecule has 0 aliphatic rings. The quantitative estimate of drug-likeness (QED) is 0.135. The zero-order chi connectivity index (χ0) is 33.5. The van der Waals surface area contributed by atoms with Crippen molar-refractivity contribution in [3.63, 3.8) is 0 Å². The molecule has 16 heteroatoms. The van der Waals surface area contributed by atoms with E-state index in [2.05, 4.69) is 20.6 Å². The van der Waals surface area contributed by atoms with Crippen molar-refractivity contribution < 1.29 is 41.8 Å². The molecule has 12 nitrogen and oxygen atoms in total. The van der Waals surface area contributed by atoms with Crippen LogP contribution in [0.2, 0.25) is 0 Å². The lowest BCUT2D eigenvalue weighted by atomic mass is 10.1. The highest BCUT2D eigenvalue weighted by Gasteiger charge is 2.22. The van der Waals surface area contributed by atoms with E-state index in [9.17, 15) is 41.8 Å². The van der Waals surface area contributed by atoms with E-state index in [4.69, 9.17) is 4.74 Å². The van der Waals surface area contributed by atoms with Gasteiger partial charge in [0.2, 0.25) is 17.6 Å². The number of nitrogens with one attached hydrogen (secondary N) is 3. The van der Waals surface area contributed by atoms with Crippen molar-refractivity contribution in [3.05, 3.63) is 99.8 Å². The van der Waals surface area contributed by atoms with Gasteiger partial charge in [0.05, 0.1) is 12.1 Å². The van der Waals surface area contributed by atoms with Gasteiger partial charge in [-0.2, -0.15) is 4.39 Å². The summed E-state index contributed by atoms with van der Waals surface area (Å²) >= 11 is 0. The molecule has 4 N–H and O–H groups in total. The third-order valence-electron chi connectivity index (χ3n) is 6.60. The molecule has 0 saturated heterocycles. The second-order valence-electron chi connectivity index (χ2n) is 10.2. The van der Waals surface area contributed by atoms with E-state index in [1.54, 1.807) is 14.1 Å². The predicted molar refractivity (Wildman–Crippen MR) is 157 cm³/mol. The number of pyridine rings is 1. The Morgan fingerprint density at radius 2 is 1.89 bits per heavy atom. The maximum Gasteiger partial charge on any atom is 0.405 e. The molecule has 46 heavy (non-hydrogen) atoms. The molecule has 1 unspecified atom stereocenters. The van der Waals surface area contributed by atoms with Gasteiger partial charge in [0.15, 0.2) is 11.6 Å². The lowest BCUT2D eigenvalue weighted by Crippen LogP contribution is -2.44. The first kappa shape index (κ1) is 33.2. The second kappa shape index (κ2) is 14.4. The number of hydrogen-bond acceptors (Lipinski definition) is 6. The van der Waals surface area contributed by atoms with Crippen molar-refractivity contribution in [1.29, 1.82) is 0 Å². The van der Waals surface area contributed by atoms with E-state index in [1.165, 1.54) is 35.4 Å². The van der Waals surface area contributed by atoms with E-state index < -0.39 is 59.2 Å². The fraction of sp³-hybridized carbons (Fsp3) is 0.233. The molecule has 3 amide bonds. The van der Waals surface area contributed by atoms with Crippen LogP contribution in [0.25, 0.3) is 11.0 Å². The van der Waals surface area contributed by atoms with Crippen molar-refractivity contribution in [1.82, 2.24) is 24.8 Å². The first-order chi connectivity index (χ1) is 21.8. The normalized spacial score (nSPS) is 11.9. The van der Waals surface area contributed by atoms with Crippen molar-refractivity contribution in [2.75, 3.05) is 19.4 Å². The highest BCUT2D eigenvalue weighted by Crippen LogP contribution is 2.31. The number of benzene rings is 2. The summed E-state index contributed by atoms with van der Waals surface area (Å²) in [6, 6.07) is 5.00. The molecule has 2 aromatic heterocycles. The first-order valence-electron chi connectivity index (χ1n) is 13.6. The average molecular weight is 645 g/mol. The van der Waals surface area contributed by atoms with Crippen molar-refractivity contribution in [2.45, 2.75) is 32.0 Å². The topological polar surface area (TPSA) is 159 Å². The Hall–Kier alpha value is -5.67. The summed E-state index contributed by atoms with van der Waals surface area (Å²) in [5, 5.41) is 13.7. The lowest BCUT2D eigenvalue weighted by Gasteiger charge is -2.16. The van der Waals surface area contributed by atoms with Crippen LogP contribution in [0.4, 0.5) is 28.0 Å². The number of ether oxygens (including phenoxy) is 1. The van der Waals surface area contributed by atoms with Crippen LogP contribution < -0.4 is 20.9 Å². The van der Waals surface area contributed by atoms with E-state index in [1.807, 2.05) is 0 Å². The van der Waals surface area contributed by atoms with Crippen LogP contribution in [-0.2, 0) is 22.7 Å². The van der Waals surface area contributed by atoms with Crippen LogP contribution in [0.1, 0.15) is 24.2 Å². The van der Waals surface area contributed by atoms with Crippen molar-refractivity contribution >= 4 is 34.6 Å². The molecule has 4 rings (SSSR count). The number of aromatic amines is 1. The standard InChI is InChI=1S/C30H28F4N6O6/c1-39(2)24(41)8-4-3-6-20(37-30(44)45)28(42)36-21-7-5-11-40(29(21)43)14-23-35-22-13-19(33)25(34)27(26(22)38-23)46-15-16-9-10-17(31)12-18(16)32/h4-5,7-13,20,37H,3,6,14-15H2,1-2H3,(H,35,38)(H,36,42)(H,44,45). The summed E-state index contributed by atoms with van der Waals surface area (Å²) in [4.78, 5) is 57.3. The molecule has 0 aliphatic heterocycles. The number of amides is 3. The molecule has 0 bridgehead atoms. The van der Waals surface area contributed by atoms with Crippen molar-refractivity contribution in [2.24, 2.45) is 0 Å². The van der Waals surface area contributed by atoms with Gasteiger partial charge in [0.1, 0.15) is 41.3 Å². The van der Waals surface area contributed by atoms with Gasteiger partial charge >= 0.3 is 6.09 Å². The Kier molecular flexibility index (Phi) is 10.4. The number of imidazole rings is 1. The van der Waals surface area contributed by atoms with Gasteiger partial charge in [-0.05, 0) is 43.2 Å².